The van der Waals surface area contributed by atoms with Crippen molar-refractivity contribution >= 4 is 17.5 Å². The average molecular weight is 309 g/mol. The van der Waals surface area contributed by atoms with Gasteiger partial charge in [0.15, 0.2) is 0 Å². The number of nitrogens with one attached hydrogen (secondary N) is 2. The van der Waals surface area contributed by atoms with E-state index in [1.54, 1.807) is 12.4 Å². The molecule has 1 aromatic carbocycles. The fourth-order valence-electron chi connectivity index (χ4n) is 2.74. The van der Waals surface area contributed by atoms with Crippen LogP contribution in [0.1, 0.15) is 24.0 Å². The Balaban J connectivity index is 1.48. The van der Waals surface area contributed by atoms with Crippen molar-refractivity contribution in [2.45, 2.75) is 25.8 Å². The summed E-state index contributed by atoms with van der Waals surface area (Å²) in [6.45, 7) is 0.465. The minimum Gasteiger partial charge on any atom is -0.352 e. The Morgan fingerprint density at radius 1 is 1.26 bits per heavy atom. The zero-order valence-corrected chi connectivity index (χ0v) is 12.8. The smallest absolute Gasteiger partial charge is 0.227 e. The highest BCUT2D eigenvalue weighted by Crippen LogP contribution is 2.27. The molecule has 2 aromatic rings. The van der Waals surface area contributed by atoms with Crippen molar-refractivity contribution in [3.05, 3.63) is 59.9 Å². The summed E-state index contributed by atoms with van der Waals surface area (Å²) in [5.74, 6) is -0.182. The van der Waals surface area contributed by atoms with E-state index in [1.165, 1.54) is 0 Å². The lowest BCUT2D eigenvalue weighted by molar-refractivity contribution is -0.122. The van der Waals surface area contributed by atoms with Crippen molar-refractivity contribution in [2.24, 2.45) is 5.92 Å². The van der Waals surface area contributed by atoms with E-state index in [4.69, 9.17) is 0 Å². The highest BCUT2D eigenvalue weighted by Gasteiger charge is 2.26. The van der Waals surface area contributed by atoms with Gasteiger partial charge in [-0.05, 0) is 36.1 Å². The maximum absolute atomic E-state index is 12.1. The molecule has 2 N–H and O–H groups in total. The number of benzene rings is 1. The van der Waals surface area contributed by atoms with Gasteiger partial charge in [-0.25, -0.2) is 0 Å². The number of aromatic nitrogens is 1. The number of pyridine rings is 1. The molecule has 1 aliphatic rings. The van der Waals surface area contributed by atoms with Crippen molar-refractivity contribution < 1.29 is 9.59 Å². The SMILES string of the molecule is O=C(CC[C@H]1Cc2ccccc2NC1=O)NCc1cccnc1. The summed E-state index contributed by atoms with van der Waals surface area (Å²) < 4.78 is 0. The van der Waals surface area contributed by atoms with Gasteiger partial charge in [-0.1, -0.05) is 24.3 Å². The highest BCUT2D eigenvalue weighted by molar-refractivity contribution is 5.96. The molecular formula is C18H19N3O2. The lowest BCUT2D eigenvalue weighted by atomic mass is 9.89. The van der Waals surface area contributed by atoms with Crippen molar-refractivity contribution in [3.8, 4) is 0 Å². The van der Waals surface area contributed by atoms with E-state index in [0.717, 1.165) is 16.8 Å². The fourth-order valence-corrected chi connectivity index (χ4v) is 2.74. The number of anilines is 1. The predicted molar refractivity (Wildman–Crippen MR) is 87.6 cm³/mol. The second kappa shape index (κ2) is 7.05. The van der Waals surface area contributed by atoms with E-state index in [9.17, 15) is 9.59 Å². The van der Waals surface area contributed by atoms with Crippen LogP contribution in [0.3, 0.4) is 0 Å². The molecule has 2 heterocycles. The van der Waals surface area contributed by atoms with E-state index >= 15 is 0 Å². The Bertz CT molecular complexity index is 700. The lowest BCUT2D eigenvalue weighted by Gasteiger charge is -2.24. The topological polar surface area (TPSA) is 71.1 Å². The lowest BCUT2D eigenvalue weighted by Crippen LogP contribution is -2.31. The van der Waals surface area contributed by atoms with Gasteiger partial charge in [0.05, 0.1) is 0 Å². The molecule has 0 bridgehead atoms. The molecule has 0 radical (unpaired) electrons. The highest BCUT2D eigenvalue weighted by atomic mass is 16.2. The molecule has 3 rings (SSSR count). The first-order valence-corrected chi connectivity index (χ1v) is 7.77. The average Bonchev–Trinajstić information content (AvgIpc) is 2.59. The number of hydrogen-bond donors (Lipinski definition) is 2. The van der Waals surface area contributed by atoms with Gasteiger partial charge in [-0.15, -0.1) is 0 Å². The fraction of sp³-hybridized carbons (Fsp3) is 0.278. The van der Waals surface area contributed by atoms with Gasteiger partial charge in [0.1, 0.15) is 0 Å². The minimum absolute atomic E-state index is 0.00348. The van der Waals surface area contributed by atoms with E-state index in [2.05, 4.69) is 15.6 Å². The first kappa shape index (κ1) is 15.2. The molecule has 0 saturated heterocycles. The maximum Gasteiger partial charge on any atom is 0.227 e. The molecule has 5 nitrogen and oxygen atoms in total. The van der Waals surface area contributed by atoms with Gasteiger partial charge in [0, 0.05) is 37.0 Å². The van der Waals surface area contributed by atoms with Crippen LogP contribution < -0.4 is 10.6 Å². The van der Waals surface area contributed by atoms with Crippen LogP contribution in [0.15, 0.2) is 48.8 Å². The number of carbonyl (C=O) groups excluding carboxylic acids is 2. The van der Waals surface area contributed by atoms with Gasteiger partial charge in [-0.3, -0.25) is 14.6 Å². The molecule has 0 fully saturated rings. The minimum atomic E-state index is -0.144. The third kappa shape index (κ3) is 3.94. The largest absolute Gasteiger partial charge is 0.352 e. The molecular weight excluding hydrogens is 290 g/mol. The molecule has 5 heteroatoms. The molecule has 1 aliphatic heterocycles. The van der Waals surface area contributed by atoms with Crippen LogP contribution in [0.5, 0.6) is 0 Å². The maximum atomic E-state index is 12.1. The van der Waals surface area contributed by atoms with E-state index in [-0.39, 0.29) is 17.7 Å². The van der Waals surface area contributed by atoms with Crippen LogP contribution >= 0.6 is 0 Å². The summed E-state index contributed by atoms with van der Waals surface area (Å²) in [5, 5.41) is 5.77. The Hall–Kier alpha value is -2.69. The third-order valence-corrected chi connectivity index (χ3v) is 4.04. The molecule has 2 amide bonds. The number of hydrogen-bond acceptors (Lipinski definition) is 3. The second-order valence-electron chi connectivity index (χ2n) is 5.72. The van der Waals surface area contributed by atoms with Gasteiger partial charge in [0.25, 0.3) is 0 Å². The number of para-hydroxylation sites is 1. The number of amides is 2. The summed E-state index contributed by atoms with van der Waals surface area (Å²) in [7, 11) is 0. The van der Waals surface area contributed by atoms with Crippen LogP contribution in [0.25, 0.3) is 0 Å². The van der Waals surface area contributed by atoms with Gasteiger partial charge >= 0.3 is 0 Å². The van der Waals surface area contributed by atoms with Crippen molar-refractivity contribution in [1.82, 2.24) is 10.3 Å². The summed E-state index contributed by atoms with van der Waals surface area (Å²) in [6.07, 6.45) is 5.02. The first-order valence-electron chi connectivity index (χ1n) is 7.77. The van der Waals surface area contributed by atoms with Crippen molar-refractivity contribution in [1.29, 1.82) is 0 Å². The molecule has 118 valence electrons. The summed E-state index contributed by atoms with van der Waals surface area (Å²) >= 11 is 0. The van der Waals surface area contributed by atoms with Gasteiger partial charge < -0.3 is 10.6 Å². The number of nitrogens with zero attached hydrogens (tertiary/aromatic N) is 1. The van der Waals surface area contributed by atoms with Crippen LogP contribution in [0.4, 0.5) is 5.69 Å². The molecule has 23 heavy (non-hydrogen) atoms. The first-order chi connectivity index (χ1) is 11.2. The molecule has 0 aliphatic carbocycles. The van der Waals surface area contributed by atoms with E-state index in [1.807, 2.05) is 36.4 Å². The van der Waals surface area contributed by atoms with Gasteiger partial charge in [0.2, 0.25) is 11.8 Å². The van der Waals surface area contributed by atoms with Crippen molar-refractivity contribution in [2.75, 3.05) is 5.32 Å². The summed E-state index contributed by atoms with van der Waals surface area (Å²) in [4.78, 5) is 28.1. The Morgan fingerprint density at radius 2 is 2.13 bits per heavy atom. The number of rotatable bonds is 5. The molecule has 0 spiro atoms. The molecule has 0 unspecified atom stereocenters. The third-order valence-electron chi connectivity index (χ3n) is 4.04. The van der Waals surface area contributed by atoms with Crippen LogP contribution in [0.2, 0.25) is 0 Å². The van der Waals surface area contributed by atoms with E-state index in [0.29, 0.717) is 25.8 Å². The van der Waals surface area contributed by atoms with Crippen LogP contribution in [-0.4, -0.2) is 16.8 Å². The van der Waals surface area contributed by atoms with Gasteiger partial charge in [-0.2, -0.15) is 0 Å². The number of fused-ring (bicyclic) bond motifs is 1. The summed E-state index contributed by atoms with van der Waals surface area (Å²) in [6, 6.07) is 11.6. The second-order valence-corrected chi connectivity index (χ2v) is 5.72. The van der Waals surface area contributed by atoms with Crippen LogP contribution in [-0.2, 0) is 22.6 Å². The Labute approximate surface area is 135 Å². The van der Waals surface area contributed by atoms with Crippen molar-refractivity contribution in [3.63, 3.8) is 0 Å². The zero-order chi connectivity index (χ0) is 16.1. The normalized spacial score (nSPS) is 16.3. The monoisotopic (exact) mass is 309 g/mol. The molecule has 0 saturated carbocycles. The standard InChI is InChI=1S/C18H19N3O2/c22-17(20-12-13-4-3-9-19-11-13)8-7-15-10-14-5-1-2-6-16(14)21-18(15)23/h1-6,9,11,15H,7-8,10,12H2,(H,20,22)(H,21,23)/t15-/m0/s1. The quantitative estimate of drug-likeness (QED) is 0.890. The predicted octanol–water partition coefficient (Wildman–Crippen LogP) is 2.29. The Kier molecular flexibility index (Phi) is 4.66. The summed E-state index contributed by atoms with van der Waals surface area (Å²) in [5.41, 5.74) is 2.98. The number of carbonyl (C=O) groups is 2. The van der Waals surface area contributed by atoms with E-state index < -0.39 is 0 Å². The molecule has 1 atom stereocenters. The van der Waals surface area contributed by atoms with Crippen LogP contribution in [0, 0.1) is 5.92 Å². The molecule has 1 aromatic heterocycles. The Morgan fingerprint density at radius 3 is 2.96 bits per heavy atom. The zero-order valence-electron chi connectivity index (χ0n) is 12.8.